The van der Waals surface area contributed by atoms with Crippen LogP contribution in [0.2, 0.25) is 0 Å². The van der Waals surface area contributed by atoms with E-state index in [9.17, 15) is 9.90 Å². The minimum atomic E-state index is -1.01. The van der Waals surface area contributed by atoms with Gasteiger partial charge in [-0.15, -0.1) is 0 Å². The van der Waals surface area contributed by atoms with E-state index in [-0.39, 0.29) is 17.6 Å². The molecule has 2 aliphatic rings. The number of hydrogen-bond acceptors (Lipinski definition) is 6. The summed E-state index contributed by atoms with van der Waals surface area (Å²) in [4.78, 5) is 15.4. The van der Waals surface area contributed by atoms with Crippen molar-refractivity contribution in [1.29, 1.82) is 0 Å². The molecule has 9 nitrogen and oxygen atoms in total. The predicted octanol–water partition coefficient (Wildman–Crippen LogP) is 7.18. The summed E-state index contributed by atoms with van der Waals surface area (Å²) in [5.41, 5.74) is 4.32. The Hall–Kier alpha value is -4.25. The van der Waals surface area contributed by atoms with Gasteiger partial charge in [0.1, 0.15) is 23.4 Å². The molecular formula is C39H45FN4O5. The van der Waals surface area contributed by atoms with Crippen LogP contribution in [0, 0.1) is 5.82 Å². The summed E-state index contributed by atoms with van der Waals surface area (Å²) in [6.45, 7) is 7.42. The molecule has 2 aromatic heterocycles. The van der Waals surface area contributed by atoms with Crippen LogP contribution in [0.1, 0.15) is 66.2 Å². The largest absolute Gasteiger partial charge is 0.493 e. The van der Waals surface area contributed by atoms with Crippen molar-refractivity contribution >= 4 is 27.6 Å². The molecule has 258 valence electrons. The molecule has 0 spiro atoms. The normalized spacial score (nSPS) is 17.2. The Bertz CT molecular complexity index is 1960. The number of halogens is 1. The van der Waals surface area contributed by atoms with Gasteiger partial charge < -0.3 is 23.9 Å². The lowest BCUT2D eigenvalue weighted by Gasteiger charge is -2.28. The lowest BCUT2D eigenvalue weighted by Crippen LogP contribution is -2.37. The van der Waals surface area contributed by atoms with Gasteiger partial charge in [-0.3, -0.25) is 9.58 Å². The second-order valence-corrected chi connectivity index (χ2v) is 13.0. The number of aryl methyl sites for hydroxylation is 3. The molecule has 0 saturated carbocycles. The molecule has 4 heterocycles. The van der Waals surface area contributed by atoms with E-state index in [1.807, 2.05) is 53.6 Å². The fraction of sp³-hybridized carbons (Fsp3) is 0.436. The number of nitrogens with zero attached hydrogens (tertiary/aromatic N) is 4. The molecule has 1 atom stereocenters. The third kappa shape index (κ3) is 6.57. The van der Waals surface area contributed by atoms with Crippen molar-refractivity contribution in [3.63, 3.8) is 0 Å². The Morgan fingerprint density at radius 3 is 2.63 bits per heavy atom. The summed E-state index contributed by atoms with van der Waals surface area (Å²) in [5, 5.41) is 18.6. The topological polar surface area (TPSA) is 91.0 Å². The number of carboxylic acids is 1. The van der Waals surface area contributed by atoms with Gasteiger partial charge in [0.25, 0.3) is 0 Å². The molecule has 5 aromatic rings. The third-order valence-corrected chi connectivity index (χ3v) is 10.0. The van der Waals surface area contributed by atoms with Gasteiger partial charge in [-0.1, -0.05) is 43.3 Å². The zero-order valence-electron chi connectivity index (χ0n) is 28.4. The van der Waals surface area contributed by atoms with Gasteiger partial charge >= 0.3 is 5.97 Å². The number of carbonyl (C=O) groups is 1. The first-order valence-corrected chi connectivity index (χ1v) is 17.6. The number of rotatable bonds is 10. The van der Waals surface area contributed by atoms with Crippen LogP contribution in [0.3, 0.4) is 0 Å². The summed E-state index contributed by atoms with van der Waals surface area (Å²) in [7, 11) is 1.90. The minimum Gasteiger partial charge on any atom is -0.493 e. The van der Waals surface area contributed by atoms with Crippen molar-refractivity contribution in [2.45, 2.75) is 58.1 Å². The molecule has 1 unspecified atom stereocenters. The van der Waals surface area contributed by atoms with Gasteiger partial charge in [0.15, 0.2) is 0 Å². The van der Waals surface area contributed by atoms with E-state index < -0.39 is 5.97 Å². The molecule has 0 amide bonds. The van der Waals surface area contributed by atoms with E-state index >= 15 is 4.39 Å². The molecule has 0 aliphatic carbocycles. The molecule has 7 rings (SSSR count). The van der Waals surface area contributed by atoms with Crippen LogP contribution in [0.25, 0.3) is 32.8 Å². The summed E-state index contributed by atoms with van der Waals surface area (Å²) < 4.78 is 38.5. The minimum absolute atomic E-state index is 0.222. The predicted molar refractivity (Wildman–Crippen MR) is 188 cm³/mol. The van der Waals surface area contributed by atoms with Gasteiger partial charge in [-0.2, -0.15) is 5.10 Å². The van der Waals surface area contributed by atoms with E-state index in [0.29, 0.717) is 81.7 Å². The number of aromatic carboxylic acids is 1. The number of fused-ring (bicyclic) bond motifs is 3. The number of benzene rings is 3. The van der Waals surface area contributed by atoms with Crippen LogP contribution in [0.5, 0.6) is 5.75 Å². The maximum Gasteiger partial charge on any atom is 0.352 e. The van der Waals surface area contributed by atoms with Gasteiger partial charge in [0, 0.05) is 67.4 Å². The van der Waals surface area contributed by atoms with Gasteiger partial charge in [0.05, 0.1) is 31.0 Å². The average molecular weight is 669 g/mol. The van der Waals surface area contributed by atoms with E-state index in [1.54, 1.807) is 6.07 Å². The second kappa shape index (κ2) is 14.7. The molecule has 0 radical (unpaired) electrons. The molecule has 3 aromatic carbocycles. The second-order valence-electron chi connectivity index (χ2n) is 13.0. The highest BCUT2D eigenvalue weighted by Crippen LogP contribution is 2.43. The highest BCUT2D eigenvalue weighted by molar-refractivity contribution is 6.04. The van der Waals surface area contributed by atoms with Crippen LogP contribution in [0.15, 0.2) is 54.6 Å². The number of aromatic nitrogens is 3. The van der Waals surface area contributed by atoms with Crippen molar-refractivity contribution in [1.82, 2.24) is 19.2 Å². The first-order chi connectivity index (χ1) is 24.0. The Kier molecular flexibility index (Phi) is 9.98. The highest BCUT2D eigenvalue weighted by Gasteiger charge is 2.32. The van der Waals surface area contributed by atoms with E-state index in [1.165, 1.54) is 6.07 Å². The maximum absolute atomic E-state index is 16.5. The van der Waals surface area contributed by atoms with Crippen LogP contribution in [-0.4, -0.2) is 76.4 Å². The Labute approximate surface area is 286 Å². The van der Waals surface area contributed by atoms with Crippen LogP contribution in [-0.2, 0) is 35.9 Å². The Balaban J connectivity index is 1.29. The number of hydrogen-bond donors (Lipinski definition) is 1. The maximum atomic E-state index is 16.5. The van der Waals surface area contributed by atoms with Crippen molar-refractivity contribution in [2.24, 2.45) is 7.05 Å². The van der Waals surface area contributed by atoms with Crippen molar-refractivity contribution < 1.29 is 28.5 Å². The first kappa shape index (κ1) is 33.3. The smallest absolute Gasteiger partial charge is 0.352 e. The van der Waals surface area contributed by atoms with Crippen molar-refractivity contribution in [3.8, 4) is 16.9 Å². The number of morpholine rings is 1. The van der Waals surface area contributed by atoms with Crippen LogP contribution >= 0.6 is 0 Å². The molecular weight excluding hydrogens is 623 g/mol. The fourth-order valence-electron chi connectivity index (χ4n) is 7.71. The fourth-order valence-corrected chi connectivity index (χ4v) is 7.71. The van der Waals surface area contributed by atoms with Crippen LogP contribution < -0.4 is 4.74 Å². The van der Waals surface area contributed by atoms with Gasteiger partial charge in [-0.05, 0) is 67.7 Å². The number of ether oxygens (including phenoxy) is 3. The monoisotopic (exact) mass is 668 g/mol. The molecule has 1 N–H and O–H groups in total. The van der Waals surface area contributed by atoms with E-state index in [4.69, 9.17) is 19.3 Å². The lowest BCUT2D eigenvalue weighted by molar-refractivity contribution is 0.00973. The zero-order valence-corrected chi connectivity index (χ0v) is 28.4. The van der Waals surface area contributed by atoms with E-state index in [2.05, 4.69) is 17.0 Å². The SMILES string of the molecule is CCc1c2c(nn1C)C(CCN1CCOCC1)OCCCCn1c(C(=O)O)c(CCCOc3cccc4ccccc34)c3ccc(F)c-2c31. The molecule has 1 fully saturated rings. The van der Waals surface area contributed by atoms with Crippen molar-refractivity contribution in [2.75, 3.05) is 46.1 Å². The van der Waals surface area contributed by atoms with Gasteiger partial charge in [-0.25, -0.2) is 9.18 Å². The molecule has 1 saturated heterocycles. The quantitative estimate of drug-likeness (QED) is 0.158. The summed E-state index contributed by atoms with van der Waals surface area (Å²) in [6, 6.07) is 17.3. The summed E-state index contributed by atoms with van der Waals surface area (Å²) in [6.07, 6.45) is 3.55. The Morgan fingerprint density at radius 1 is 1.00 bits per heavy atom. The molecule has 10 heteroatoms. The summed E-state index contributed by atoms with van der Waals surface area (Å²) in [5.74, 6) is -0.590. The average Bonchev–Trinajstić information content (AvgIpc) is 3.60. The third-order valence-electron chi connectivity index (χ3n) is 10.0. The molecule has 0 bridgehead atoms. The summed E-state index contributed by atoms with van der Waals surface area (Å²) >= 11 is 0. The van der Waals surface area contributed by atoms with Crippen molar-refractivity contribution in [3.05, 3.63) is 83.1 Å². The highest BCUT2D eigenvalue weighted by atomic mass is 19.1. The standard InChI is InChI=1S/C39H45FN4O5/c1-3-31-35-34-30(40)16-15-29-28(13-9-23-48-32-14-8-11-26-10-4-5-12-27(26)32)38(39(45)46)44(37(29)34)18-6-7-22-49-33(36(35)41-42(31)2)17-19-43-20-24-47-25-21-43/h4-5,8,10-12,14-16,33H,3,6-7,9,13,17-25H2,1-2H3,(H,45,46). The molecule has 2 aliphatic heterocycles. The molecule has 49 heavy (non-hydrogen) atoms. The van der Waals surface area contributed by atoms with Crippen LogP contribution in [0.4, 0.5) is 4.39 Å². The zero-order chi connectivity index (χ0) is 33.9. The Morgan fingerprint density at radius 2 is 1.82 bits per heavy atom. The van der Waals surface area contributed by atoms with Gasteiger partial charge in [0.2, 0.25) is 0 Å². The first-order valence-electron chi connectivity index (χ1n) is 17.6. The number of carboxylic acid groups (broad SMARTS) is 1. The lowest BCUT2D eigenvalue weighted by atomic mass is 9.94. The van der Waals surface area contributed by atoms with E-state index in [0.717, 1.165) is 64.9 Å².